The molecule has 0 saturated heterocycles. The van der Waals surface area contributed by atoms with E-state index in [0.29, 0.717) is 5.92 Å². The SMILES string of the molecule is CCCCC1=C(C2=C(C)C(C)=C(C)C2C)C(CCC)=CC1. The summed E-state index contributed by atoms with van der Waals surface area (Å²) in [6.07, 6.45) is 10.1. The van der Waals surface area contributed by atoms with E-state index in [9.17, 15) is 0 Å². The van der Waals surface area contributed by atoms with Gasteiger partial charge in [0.05, 0.1) is 0 Å². The molecular weight excluding hydrogens is 252 g/mol. The topological polar surface area (TPSA) is 0 Å². The molecule has 0 heteroatoms. The van der Waals surface area contributed by atoms with E-state index in [1.165, 1.54) is 44.1 Å². The van der Waals surface area contributed by atoms with Gasteiger partial charge in [0, 0.05) is 5.92 Å². The van der Waals surface area contributed by atoms with Crippen LogP contribution in [0.3, 0.4) is 0 Å². The first-order chi connectivity index (χ1) is 10.0. The summed E-state index contributed by atoms with van der Waals surface area (Å²) < 4.78 is 0. The van der Waals surface area contributed by atoms with Crippen LogP contribution in [-0.2, 0) is 0 Å². The zero-order chi connectivity index (χ0) is 15.6. The van der Waals surface area contributed by atoms with Gasteiger partial charge in [0.2, 0.25) is 0 Å². The number of unbranched alkanes of at least 4 members (excludes halogenated alkanes) is 1. The van der Waals surface area contributed by atoms with Crippen LogP contribution in [0.15, 0.2) is 45.1 Å². The van der Waals surface area contributed by atoms with E-state index in [4.69, 9.17) is 0 Å². The lowest BCUT2D eigenvalue weighted by Crippen LogP contribution is -2.04. The number of rotatable bonds is 6. The highest BCUT2D eigenvalue weighted by Crippen LogP contribution is 2.47. The average Bonchev–Trinajstić information content (AvgIpc) is 2.93. The molecule has 0 aromatic rings. The smallest absolute Gasteiger partial charge is 0.00316 e. The molecular formula is C21H32. The molecule has 0 aromatic carbocycles. The summed E-state index contributed by atoms with van der Waals surface area (Å²) in [6, 6.07) is 0. The summed E-state index contributed by atoms with van der Waals surface area (Å²) in [7, 11) is 0. The standard InChI is InChI=1S/C21H32/c1-7-9-11-19-13-12-18(10-8-2)21(19)20-16(5)14(3)15(4)17(20)6/h12,16H,7-11,13H2,1-6H3. The van der Waals surface area contributed by atoms with Gasteiger partial charge in [-0.25, -0.2) is 0 Å². The minimum atomic E-state index is 0.606. The maximum absolute atomic E-state index is 2.51. The summed E-state index contributed by atoms with van der Waals surface area (Å²) >= 11 is 0. The lowest BCUT2D eigenvalue weighted by molar-refractivity contribution is 0.764. The Kier molecular flexibility index (Phi) is 5.30. The van der Waals surface area contributed by atoms with Crippen LogP contribution in [0.2, 0.25) is 0 Å². The van der Waals surface area contributed by atoms with E-state index in [1.54, 1.807) is 33.4 Å². The Labute approximate surface area is 131 Å². The van der Waals surface area contributed by atoms with Gasteiger partial charge in [-0.05, 0) is 74.3 Å². The molecule has 0 nitrogen and oxygen atoms in total. The molecule has 1 atom stereocenters. The Morgan fingerprint density at radius 2 is 1.71 bits per heavy atom. The fourth-order valence-corrected chi connectivity index (χ4v) is 3.92. The van der Waals surface area contributed by atoms with Crippen molar-refractivity contribution in [3.8, 4) is 0 Å². The highest BCUT2D eigenvalue weighted by molar-refractivity contribution is 5.63. The van der Waals surface area contributed by atoms with Crippen LogP contribution in [0.25, 0.3) is 0 Å². The lowest BCUT2D eigenvalue weighted by atomic mass is 9.84. The quantitative estimate of drug-likeness (QED) is 0.497. The van der Waals surface area contributed by atoms with Crippen molar-refractivity contribution in [2.75, 3.05) is 0 Å². The van der Waals surface area contributed by atoms with E-state index in [1.807, 2.05) is 0 Å². The molecule has 0 heterocycles. The molecule has 116 valence electrons. The van der Waals surface area contributed by atoms with E-state index < -0.39 is 0 Å². The zero-order valence-electron chi connectivity index (χ0n) is 14.9. The highest BCUT2D eigenvalue weighted by Gasteiger charge is 2.30. The molecule has 0 N–H and O–H groups in total. The lowest BCUT2D eigenvalue weighted by Gasteiger charge is -2.20. The van der Waals surface area contributed by atoms with Crippen molar-refractivity contribution in [2.24, 2.45) is 5.92 Å². The molecule has 0 saturated carbocycles. The zero-order valence-corrected chi connectivity index (χ0v) is 14.9. The van der Waals surface area contributed by atoms with Gasteiger partial charge in [-0.3, -0.25) is 0 Å². The first-order valence-electron chi connectivity index (χ1n) is 8.83. The van der Waals surface area contributed by atoms with Crippen molar-refractivity contribution >= 4 is 0 Å². The molecule has 0 aromatic heterocycles. The van der Waals surface area contributed by atoms with Crippen LogP contribution in [0.4, 0.5) is 0 Å². The molecule has 0 bridgehead atoms. The fraction of sp³-hybridized carbons (Fsp3) is 0.619. The Hall–Kier alpha value is -1.04. The summed E-state index contributed by atoms with van der Waals surface area (Å²) in [5.41, 5.74) is 11.3. The van der Waals surface area contributed by atoms with Crippen LogP contribution in [-0.4, -0.2) is 0 Å². The van der Waals surface area contributed by atoms with Gasteiger partial charge in [-0.2, -0.15) is 0 Å². The Morgan fingerprint density at radius 3 is 2.24 bits per heavy atom. The van der Waals surface area contributed by atoms with Crippen molar-refractivity contribution in [1.82, 2.24) is 0 Å². The third-order valence-corrected chi connectivity index (χ3v) is 5.53. The second kappa shape index (κ2) is 6.81. The van der Waals surface area contributed by atoms with Gasteiger partial charge >= 0.3 is 0 Å². The first kappa shape index (κ1) is 16.3. The Balaban J connectivity index is 2.43. The van der Waals surface area contributed by atoms with Gasteiger partial charge in [-0.1, -0.05) is 50.8 Å². The highest BCUT2D eigenvalue weighted by atomic mass is 14.3. The van der Waals surface area contributed by atoms with Crippen LogP contribution < -0.4 is 0 Å². The molecule has 0 spiro atoms. The summed E-state index contributed by atoms with van der Waals surface area (Å²) in [4.78, 5) is 0. The molecule has 0 radical (unpaired) electrons. The van der Waals surface area contributed by atoms with Gasteiger partial charge in [-0.15, -0.1) is 0 Å². The summed E-state index contributed by atoms with van der Waals surface area (Å²) in [6.45, 7) is 14.0. The van der Waals surface area contributed by atoms with Gasteiger partial charge in [0.25, 0.3) is 0 Å². The molecule has 0 amide bonds. The number of allylic oxidation sites excluding steroid dienone is 8. The number of hydrogen-bond acceptors (Lipinski definition) is 0. The van der Waals surface area contributed by atoms with Crippen molar-refractivity contribution < 1.29 is 0 Å². The molecule has 2 aliphatic rings. The minimum absolute atomic E-state index is 0.606. The van der Waals surface area contributed by atoms with E-state index >= 15 is 0 Å². The summed E-state index contributed by atoms with van der Waals surface area (Å²) in [5, 5.41) is 0. The van der Waals surface area contributed by atoms with Crippen molar-refractivity contribution in [1.29, 1.82) is 0 Å². The molecule has 2 rings (SSSR count). The second-order valence-electron chi connectivity index (χ2n) is 6.83. The van der Waals surface area contributed by atoms with E-state index in [-0.39, 0.29) is 0 Å². The Bertz CT molecular complexity index is 534. The third kappa shape index (κ3) is 2.96. The second-order valence-corrected chi connectivity index (χ2v) is 6.83. The van der Waals surface area contributed by atoms with E-state index in [0.717, 1.165) is 0 Å². The first-order valence-corrected chi connectivity index (χ1v) is 8.83. The Morgan fingerprint density at radius 1 is 1.00 bits per heavy atom. The third-order valence-electron chi connectivity index (χ3n) is 5.53. The summed E-state index contributed by atoms with van der Waals surface area (Å²) in [5.74, 6) is 0.606. The largest absolute Gasteiger partial charge is 0.0766 e. The van der Waals surface area contributed by atoms with Crippen molar-refractivity contribution in [3.05, 3.63) is 45.1 Å². The fourth-order valence-electron chi connectivity index (χ4n) is 3.92. The molecule has 0 fully saturated rings. The maximum atomic E-state index is 2.51. The average molecular weight is 284 g/mol. The van der Waals surface area contributed by atoms with E-state index in [2.05, 4.69) is 47.6 Å². The predicted octanol–water partition coefficient (Wildman–Crippen LogP) is 6.91. The molecule has 1 unspecified atom stereocenters. The molecule has 0 aliphatic heterocycles. The van der Waals surface area contributed by atoms with Crippen molar-refractivity contribution in [3.63, 3.8) is 0 Å². The monoisotopic (exact) mass is 284 g/mol. The van der Waals surface area contributed by atoms with Gasteiger partial charge in [0.15, 0.2) is 0 Å². The van der Waals surface area contributed by atoms with Crippen LogP contribution >= 0.6 is 0 Å². The molecule has 21 heavy (non-hydrogen) atoms. The maximum Gasteiger partial charge on any atom is 0.00316 e. The normalized spacial score (nSPS) is 22.8. The van der Waals surface area contributed by atoms with Gasteiger partial charge < -0.3 is 0 Å². The predicted molar refractivity (Wildman–Crippen MR) is 94.4 cm³/mol. The van der Waals surface area contributed by atoms with Crippen LogP contribution in [0, 0.1) is 5.92 Å². The minimum Gasteiger partial charge on any atom is -0.0766 e. The van der Waals surface area contributed by atoms with Crippen molar-refractivity contribution in [2.45, 2.75) is 80.1 Å². The van der Waals surface area contributed by atoms with Crippen LogP contribution in [0.1, 0.15) is 80.1 Å². The number of hydrogen-bond donors (Lipinski definition) is 0. The van der Waals surface area contributed by atoms with Gasteiger partial charge in [0.1, 0.15) is 0 Å². The van der Waals surface area contributed by atoms with Crippen LogP contribution in [0.5, 0.6) is 0 Å². The molecule has 2 aliphatic carbocycles.